The van der Waals surface area contributed by atoms with Crippen LogP contribution in [0.15, 0.2) is 48.5 Å². The third kappa shape index (κ3) is 6.19. The van der Waals surface area contributed by atoms with Crippen molar-refractivity contribution in [2.75, 3.05) is 45.9 Å². The van der Waals surface area contributed by atoms with Crippen LogP contribution in [-0.2, 0) is 19.5 Å². The number of carbonyl (C=O) groups excluding carboxylic acids is 1. The second-order valence-corrected chi connectivity index (χ2v) is 8.26. The molecule has 166 valence electrons. The van der Waals surface area contributed by atoms with Crippen LogP contribution in [0.3, 0.4) is 0 Å². The van der Waals surface area contributed by atoms with E-state index in [0.29, 0.717) is 19.6 Å². The van der Waals surface area contributed by atoms with Crippen molar-refractivity contribution >= 4 is 6.03 Å². The molecule has 31 heavy (non-hydrogen) atoms. The van der Waals surface area contributed by atoms with Gasteiger partial charge in [-0.1, -0.05) is 36.4 Å². The Kier molecular flexibility index (Phi) is 7.40. The van der Waals surface area contributed by atoms with Crippen molar-refractivity contribution in [3.63, 3.8) is 0 Å². The van der Waals surface area contributed by atoms with E-state index in [9.17, 15) is 9.90 Å². The quantitative estimate of drug-likeness (QED) is 0.505. The molecule has 0 saturated carbocycles. The number of hydrogen-bond acceptors (Lipinski definition) is 5. The molecule has 2 aromatic carbocycles. The summed E-state index contributed by atoms with van der Waals surface area (Å²) in [6, 6.07) is 16.5. The van der Waals surface area contributed by atoms with E-state index in [1.54, 1.807) is 0 Å². The monoisotopic (exact) mass is 424 g/mol. The predicted molar refractivity (Wildman–Crippen MR) is 120 cm³/mol. The van der Waals surface area contributed by atoms with Gasteiger partial charge in [-0.25, -0.2) is 4.79 Å². The smallest absolute Gasteiger partial charge is 0.317 e. The van der Waals surface area contributed by atoms with Crippen LogP contribution in [0.4, 0.5) is 4.79 Å². The van der Waals surface area contributed by atoms with Gasteiger partial charge in [0.2, 0.25) is 0 Å². The Morgan fingerprint density at radius 3 is 2.84 bits per heavy atom. The number of aliphatic hydroxyl groups is 1. The Hall–Kier alpha value is -2.61. The van der Waals surface area contributed by atoms with Gasteiger partial charge < -0.3 is 25.4 Å². The number of hydrogen-bond donors (Lipinski definition) is 3. The first-order chi connectivity index (χ1) is 15.2. The van der Waals surface area contributed by atoms with Crippen molar-refractivity contribution in [2.24, 2.45) is 0 Å². The first-order valence-corrected chi connectivity index (χ1v) is 11.1. The van der Waals surface area contributed by atoms with Gasteiger partial charge in [0.05, 0.1) is 0 Å². The van der Waals surface area contributed by atoms with Crippen molar-refractivity contribution < 1.29 is 14.6 Å². The highest BCUT2D eigenvalue weighted by Gasteiger charge is 2.19. The maximum Gasteiger partial charge on any atom is 0.317 e. The van der Waals surface area contributed by atoms with E-state index in [-0.39, 0.29) is 12.6 Å². The van der Waals surface area contributed by atoms with E-state index in [1.165, 1.54) is 11.1 Å². The number of benzene rings is 2. The fraction of sp³-hybridized carbons (Fsp3) is 0.458. The van der Waals surface area contributed by atoms with Crippen molar-refractivity contribution in [1.82, 2.24) is 20.4 Å². The van der Waals surface area contributed by atoms with Gasteiger partial charge in [0.25, 0.3) is 0 Å². The lowest BCUT2D eigenvalue weighted by Gasteiger charge is -2.30. The number of β-amino-alcohol motifs (C(OH)–C–C–N with tert-alkyl or cyclic N) is 1. The minimum absolute atomic E-state index is 0.0181. The number of rotatable bonds is 10. The summed E-state index contributed by atoms with van der Waals surface area (Å²) in [7, 11) is 0. The van der Waals surface area contributed by atoms with Gasteiger partial charge in [-0.05, 0) is 35.2 Å². The van der Waals surface area contributed by atoms with Gasteiger partial charge in [-0.3, -0.25) is 4.90 Å². The molecular weight excluding hydrogens is 392 g/mol. The van der Waals surface area contributed by atoms with Crippen LogP contribution in [0.25, 0.3) is 0 Å². The van der Waals surface area contributed by atoms with Crippen LogP contribution >= 0.6 is 0 Å². The summed E-state index contributed by atoms with van der Waals surface area (Å²) in [4.78, 5) is 15.6. The summed E-state index contributed by atoms with van der Waals surface area (Å²) >= 11 is 0. The normalized spacial score (nSPS) is 17.3. The van der Waals surface area contributed by atoms with Crippen molar-refractivity contribution in [1.29, 1.82) is 0 Å². The zero-order valence-electron chi connectivity index (χ0n) is 17.9. The molecule has 0 aliphatic carbocycles. The van der Waals surface area contributed by atoms with Crippen LogP contribution in [0.5, 0.6) is 5.75 Å². The minimum Gasteiger partial charge on any atom is -0.491 e. The predicted octanol–water partition coefficient (Wildman–Crippen LogP) is 1.60. The van der Waals surface area contributed by atoms with E-state index in [1.807, 2.05) is 29.2 Å². The molecule has 0 aromatic heterocycles. The van der Waals surface area contributed by atoms with E-state index < -0.39 is 6.10 Å². The molecule has 0 bridgehead atoms. The molecule has 7 nitrogen and oxygen atoms in total. The highest BCUT2D eigenvalue weighted by atomic mass is 16.5. The van der Waals surface area contributed by atoms with Gasteiger partial charge in [-0.15, -0.1) is 0 Å². The average molecular weight is 425 g/mol. The number of ether oxygens (including phenoxy) is 1. The second-order valence-electron chi connectivity index (χ2n) is 8.26. The third-order valence-corrected chi connectivity index (χ3v) is 5.85. The highest BCUT2D eigenvalue weighted by Crippen LogP contribution is 2.19. The molecule has 1 fully saturated rings. The zero-order chi connectivity index (χ0) is 21.5. The lowest BCUT2D eigenvalue weighted by molar-refractivity contribution is 0.0637. The van der Waals surface area contributed by atoms with Crippen LogP contribution in [0.1, 0.15) is 16.7 Å². The second kappa shape index (κ2) is 10.6. The largest absolute Gasteiger partial charge is 0.491 e. The van der Waals surface area contributed by atoms with Crippen LogP contribution in [0, 0.1) is 0 Å². The van der Waals surface area contributed by atoms with Gasteiger partial charge in [0.1, 0.15) is 18.5 Å². The molecule has 0 spiro atoms. The summed E-state index contributed by atoms with van der Waals surface area (Å²) in [5, 5.41) is 16.6. The average Bonchev–Trinajstić information content (AvgIpc) is 3.20. The van der Waals surface area contributed by atoms with Gasteiger partial charge >= 0.3 is 6.03 Å². The van der Waals surface area contributed by atoms with E-state index in [4.69, 9.17) is 4.74 Å². The highest BCUT2D eigenvalue weighted by molar-refractivity contribution is 5.76. The summed E-state index contributed by atoms with van der Waals surface area (Å²) < 4.78 is 5.86. The molecule has 2 aliphatic rings. The summed E-state index contributed by atoms with van der Waals surface area (Å²) in [5.74, 6) is 0.765. The Morgan fingerprint density at radius 1 is 1.13 bits per heavy atom. The molecule has 0 radical (unpaired) electrons. The maximum atomic E-state index is 11.5. The number of carbonyl (C=O) groups is 1. The van der Waals surface area contributed by atoms with Gasteiger partial charge in [0.15, 0.2) is 0 Å². The Balaban J connectivity index is 1.17. The molecule has 2 aliphatic heterocycles. The third-order valence-electron chi connectivity index (χ3n) is 5.85. The number of urea groups is 1. The number of aliphatic hydroxyl groups excluding tert-OH is 1. The molecule has 2 amide bonds. The maximum absolute atomic E-state index is 11.5. The van der Waals surface area contributed by atoms with E-state index >= 15 is 0 Å². The lowest BCUT2D eigenvalue weighted by Crippen LogP contribution is -2.38. The van der Waals surface area contributed by atoms with Crippen LogP contribution in [0.2, 0.25) is 0 Å². The minimum atomic E-state index is -0.529. The van der Waals surface area contributed by atoms with Gasteiger partial charge in [-0.2, -0.15) is 0 Å². The Morgan fingerprint density at radius 2 is 2.00 bits per heavy atom. The fourth-order valence-corrected chi connectivity index (χ4v) is 4.17. The molecule has 1 saturated heterocycles. The van der Waals surface area contributed by atoms with Crippen molar-refractivity contribution in [3.05, 3.63) is 65.2 Å². The number of nitrogens with zero attached hydrogens (tertiary/aromatic N) is 2. The summed E-state index contributed by atoms with van der Waals surface area (Å²) in [6.45, 7) is 6.40. The van der Waals surface area contributed by atoms with Crippen LogP contribution < -0.4 is 15.4 Å². The van der Waals surface area contributed by atoms with E-state index in [0.717, 1.165) is 50.5 Å². The van der Waals surface area contributed by atoms with Crippen LogP contribution in [-0.4, -0.2) is 72.9 Å². The van der Waals surface area contributed by atoms with Crippen molar-refractivity contribution in [3.8, 4) is 5.75 Å². The lowest BCUT2D eigenvalue weighted by atomic mass is 10.00. The molecule has 2 heterocycles. The molecule has 7 heteroatoms. The first kappa shape index (κ1) is 21.6. The standard InChI is InChI=1S/C24H32N4O3/c29-22(17-27-11-8-20-5-1-2-6-21(20)16-27)18-31-23-7-3-4-19(14-23)15-25-9-12-28-13-10-26-24(28)30/h1-7,14,22,25,29H,8-13,15-18H2,(H,26,30). The van der Waals surface area contributed by atoms with E-state index in [2.05, 4.69) is 39.8 Å². The first-order valence-electron chi connectivity index (χ1n) is 11.1. The zero-order valence-corrected chi connectivity index (χ0v) is 17.9. The number of fused-ring (bicyclic) bond motifs is 1. The molecule has 3 N–H and O–H groups in total. The summed E-state index contributed by atoms with van der Waals surface area (Å²) in [6.07, 6.45) is 0.500. The topological polar surface area (TPSA) is 77.1 Å². The number of nitrogens with one attached hydrogen (secondary N) is 2. The molecule has 1 atom stereocenters. The summed E-state index contributed by atoms with van der Waals surface area (Å²) in [5.41, 5.74) is 3.89. The molecule has 4 rings (SSSR count). The number of amides is 2. The van der Waals surface area contributed by atoms with Gasteiger partial charge in [0, 0.05) is 52.4 Å². The molecule has 2 aromatic rings. The molecule has 1 unspecified atom stereocenters. The molecular formula is C24H32N4O3. The Labute approximate surface area is 184 Å². The van der Waals surface area contributed by atoms with Crippen molar-refractivity contribution in [2.45, 2.75) is 25.6 Å². The Bertz CT molecular complexity index is 875. The SMILES string of the molecule is O=C1NCCN1CCNCc1cccc(OCC(O)CN2CCc3ccccc3C2)c1. The fourth-order valence-electron chi connectivity index (χ4n) is 4.17.